The minimum Gasteiger partial charge on any atom is -0.478 e. The monoisotopic (exact) mass is 255 g/mol. The Balaban J connectivity index is 2.64. The van der Waals surface area contributed by atoms with Gasteiger partial charge in [-0.05, 0) is 32.0 Å². The van der Waals surface area contributed by atoms with Gasteiger partial charge in [0.15, 0.2) is 9.84 Å². The van der Waals surface area contributed by atoms with Crippen LogP contribution in [0, 0.1) is 0 Å². The summed E-state index contributed by atoms with van der Waals surface area (Å²) in [6, 6.07) is 4.01. The van der Waals surface area contributed by atoms with Crippen LogP contribution in [0.15, 0.2) is 23.1 Å². The molecule has 0 fully saturated rings. The lowest BCUT2D eigenvalue weighted by Crippen LogP contribution is -2.43. The van der Waals surface area contributed by atoms with Gasteiger partial charge in [-0.15, -0.1) is 0 Å². The molecule has 1 heterocycles. The van der Waals surface area contributed by atoms with Gasteiger partial charge in [-0.3, -0.25) is 0 Å². The molecular formula is C11H13NO4S. The Hall–Kier alpha value is -1.56. The molecule has 2 rings (SSSR count). The molecule has 17 heavy (non-hydrogen) atoms. The Morgan fingerprint density at radius 2 is 2.06 bits per heavy atom. The summed E-state index contributed by atoms with van der Waals surface area (Å²) in [7, 11) is -3.42. The van der Waals surface area contributed by atoms with E-state index in [0.29, 0.717) is 5.69 Å². The molecule has 1 aromatic rings. The van der Waals surface area contributed by atoms with Crippen LogP contribution in [0.2, 0.25) is 0 Å². The Morgan fingerprint density at radius 1 is 1.41 bits per heavy atom. The van der Waals surface area contributed by atoms with Crippen LogP contribution in [0.1, 0.15) is 24.2 Å². The smallest absolute Gasteiger partial charge is 0.335 e. The second-order valence-electron chi connectivity index (χ2n) is 4.63. The quantitative estimate of drug-likeness (QED) is 0.791. The third-order valence-corrected chi connectivity index (χ3v) is 5.48. The van der Waals surface area contributed by atoms with E-state index in [0.717, 1.165) is 0 Å². The lowest BCUT2D eigenvalue weighted by molar-refractivity contribution is 0.0697. The van der Waals surface area contributed by atoms with Crippen molar-refractivity contribution in [2.24, 2.45) is 0 Å². The van der Waals surface area contributed by atoms with Gasteiger partial charge in [0.05, 0.1) is 20.9 Å². The number of carboxylic acids is 1. The second kappa shape index (κ2) is 3.46. The Morgan fingerprint density at radius 3 is 2.65 bits per heavy atom. The number of carbonyl (C=O) groups is 1. The first kappa shape index (κ1) is 11.9. The molecule has 6 heteroatoms. The summed E-state index contributed by atoms with van der Waals surface area (Å²) in [6.45, 7) is 3.55. The van der Waals surface area contributed by atoms with E-state index in [1.54, 1.807) is 13.8 Å². The number of nitrogens with one attached hydrogen (secondary N) is 1. The summed E-state index contributed by atoms with van der Waals surface area (Å²) >= 11 is 0. The SMILES string of the molecule is CC1(C)CNc2cc(C(=O)O)ccc2S1(=O)=O. The standard InChI is InChI=1S/C11H13NO4S/c1-11(2)6-12-8-5-7(10(13)14)3-4-9(8)17(11,15)16/h3-5,12H,6H2,1-2H3,(H,13,14). The predicted octanol–water partition coefficient (Wildman–Crippen LogP) is 1.36. The van der Waals surface area contributed by atoms with E-state index in [9.17, 15) is 13.2 Å². The van der Waals surface area contributed by atoms with Crippen molar-refractivity contribution in [3.05, 3.63) is 23.8 Å². The number of sulfone groups is 1. The van der Waals surface area contributed by atoms with Crippen molar-refractivity contribution in [3.8, 4) is 0 Å². The van der Waals surface area contributed by atoms with Gasteiger partial charge < -0.3 is 10.4 Å². The zero-order valence-corrected chi connectivity index (χ0v) is 10.3. The highest BCUT2D eigenvalue weighted by atomic mass is 32.2. The Bertz CT molecular complexity index is 589. The highest BCUT2D eigenvalue weighted by Gasteiger charge is 2.40. The lowest BCUT2D eigenvalue weighted by Gasteiger charge is -2.32. The topological polar surface area (TPSA) is 83.5 Å². The van der Waals surface area contributed by atoms with Gasteiger partial charge in [0.1, 0.15) is 0 Å². The van der Waals surface area contributed by atoms with Gasteiger partial charge in [-0.1, -0.05) is 0 Å². The van der Waals surface area contributed by atoms with E-state index < -0.39 is 20.6 Å². The molecule has 2 N–H and O–H groups in total. The number of aromatic carboxylic acids is 1. The van der Waals surface area contributed by atoms with Gasteiger partial charge in [0.2, 0.25) is 0 Å². The van der Waals surface area contributed by atoms with E-state index in [1.165, 1.54) is 18.2 Å². The van der Waals surface area contributed by atoms with Crippen LogP contribution < -0.4 is 5.32 Å². The molecule has 0 unspecified atom stereocenters. The molecule has 0 aromatic heterocycles. The number of carboxylic acid groups (broad SMARTS) is 1. The molecule has 0 aliphatic carbocycles. The Kier molecular flexibility index (Phi) is 2.43. The van der Waals surface area contributed by atoms with Crippen molar-refractivity contribution in [2.45, 2.75) is 23.5 Å². The van der Waals surface area contributed by atoms with E-state index in [4.69, 9.17) is 5.11 Å². The fourth-order valence-corrected chi connectivity index (χ4v) is 3.26. The van der Waals surface area contributed by atoms with Crippen molar-refractivity contribution in [3.63, 3.8) is 0 Å². The number of benzene rings is 1. The number of fused-ring (bicyclic) bond motifs is 1. The average Bonchev–Trinajstić information content (AvgIpc) is 2.24. The third kappa shape index (κ3) is 1.68. The number of hydrogen-bond donors (Lipinski definition) is 2. The predicted molar refractivity (Wildman–Crippen MR) is 63.2 cm³/mol. The van der Waals surface area contributed by atoms with Crippen LogP contribution >= 0.6 is 0 Å². The molecule has 0 saturated carbocycles. The second-order valence-corrected chi connectivity index (χ2v) is 7.18. The third-order valence-electron chi connectivity index (χ3n) is 2.95. The molecule has 92 valence electrons. The fraction of sp³-hybridized carbons (Fsp3) is 0.364. The molecule has 1 aliphatic rings. The molecule has 0 radical (unpaired) electrons. The van der Waals surface area contributed by atoms with Crippen LogP contribution in [0.4, 0.5) is 5.69 Å². The first-order valence-corrected chi connectivity index (χ1v) is 6.60. The summed E-state index contributed by atoms with van der Waals surface area (Å²) in [6.07, 6.45) is 0. The first-order chi connectivity index (χ1) is 7.75. The van der Waals surface area contributed by atoms with E-state index in [-0.39, 0.29) is 17.0 Å². The van der Waals surface area contributed by atoms with Gasteiger partial charge >= 0.3 is 5.97 Å². The highest BCUT2D eigenvalue weighted by Crippen LogP contribution is 2.35. The highest BCUT2D eigenvalue weighted by molar-refractivity contribution is 7.93. The summed E-state index contributed by atoms with van der Waals surface area (Å²) in [5.41, 5.74) is 0.440. The summed E-state index contributed by atoms with van der Waals surface area (Å²) < 4.78 is 23.6. The largest absolute Gasteiger partial charge is 0.478 e. The van der Waals surface area contributed by atoms with Gasteiger partial charge in [0.25, 0.3) is 0 Å². The maximum atomic E-state index is 12.2. The maximum absolute atomic E-state index is 12.2. The summed E-state index contributed by atoms with van der Waals surface area (Å²) in [5.74, 6) is -1.07. The zero-order chi connectivity index (χ0) is 12.8. The zero-order valence-electron chi connectivity index (χ0n) is 9.52. The van der Waals surface area contributed by atoms with Crippen LogP contribution in [-0.2, 0) is 9.84 Å². The lowest BCUT2D eigenvalue weighted by atomic mass is 10.1. The molecule has 0 saturated heterocycles. The van der Waals surface area contributed by atoms with Crippen molar-refractivity contribution < 1.29 is 18.3 Å². The minimum absolute atomic E-state index is 0.0751. The van der Waals surface area contributed by atoms with Gasteiger partial charge in [0, 0.05) is 6.54 Å². The Labute approximate surface area is 99.4 Å². The summed E-state index contributed by atoms with van der Waals surface area (Å²) in [4.78, 5) is 11.0. The molecule has 0 spiro atoms. The van der Waals surface area contributed by atoms with Crippen molar-refractivity contribution in [2.75, 3.05) is 11.9 Å². The molecule has 1 aliphatic heterocycles. The van der Waals surface area contributed by atoms with Crippen LogP contribution in [0.25, 0.3) is 0 Å². The van der Waals surface area contributed by atoms with Crippen molar-refractivity contribution in [1.29, 1.82) is 0 Å². The van der Waals surface area contributed by atoms with Gasteiger partial charge in [-0.2, -0.15) is 0 Å². The van der Waals surface area contributed by atoms with Crippen molar-refractivity contribution in [1.82, 2.24) is 0 Å². The first-order valence-electron chi connectivity index (χ1n) is 5.11. The minimum atomic E-state index is -3.42. The van der Waals surface area contributed by atoms with E-state index in [2.05, 4.69) is 5.32 Å². The molecule has 0 bridgehead atoms. The number of anilines is 1. The number of rotatable bonds is 1. The normalized spacial score (nSPS) is 20.1. The molecule has 1 aromatic carbocycles. The maximum Gasteiger partial charge on any atom is 0.335 e. The van der Waals surface area contributed by atoms with E-state index >= 15 is 0 Å². The molecule has 0 amide bonds. The summed E-state index contributed by atoms with van der Waals surface area (Å²) in [5, 5.41) is 11.8. The van der Waals surface area contributed by atoms with Crippen molar-refractivity contribution >= 4 is 21.5 Å². The molecular weight excluding hydrogens is 242 g/mol. The van der Waals surface area contributed by atoms with Gasteiger partial charge in [-0.25, -0.2) is 13.2 Å². The van der Waals surface area contributed by atoms with Crippen LogP contribution in [0.3, 0.4) is 0 Å². The number of hydrogen-bond acceptors (Lipinski definition) is 4. The average molecular weight is 255 g/mol. The van der Waals surface area contributed by atoms with Crippen LogP contribution in [0.5, 0.6) is 0 Å². The molecule has 5 nitrogen and oxygen atoms in total. The van der Waals surface area contributed by atoms with E-state index in [1.807, 2.05) is 0 Å². The van der Waals surface area contributed by atoms with Crippen LogP contribution in [-0.4, -0.2) is 30.8 Å². The molecule has 0 atom stereocenters. The fourth-order valence-electron chi connectivity index (χ4n) is 1.74.